The zero-order valence-corrected chi connectivity index (χ0v) is 11.7. The summed E-state index contributed by atoms with van der Waals surface area (Å²) in [5, 5.41) is 0. The van der Waals surface area contributed by atoms with Gasteiger partial charge < -0.3 is 4.74 Å². The Kier molecular flexibility index (Phi) is 5.31. The fourth-order valence-electron chi connectivity index (χ4n) is 3.14. The monoisotopic (exact) mass is 284 g/mol. The summed E-state index contributed by atoms with van der Waals surface area (Å²) in [6.07, 6.45) is 4.78. The first-order valence-corrected chi connectivity index (χ1v) is 7.11. The lowest BCUT2D eigenvalue weighted by Gasteiger charge is -2.33. The summed E-state index contributed by atoms with van der Waals surface area (Å²) in [6, 6.07) is 6.82. The van der Waals surface area contributed by atoms with Gasteiger partial charge in [-0.2, -0.15) is 8.78 Å². The van der Waals surface area contributed by atoms with E-state index in [1.165, 1.54) is 12.8 Å². The summed E-state index contributed by atoms with van der Waals surface area (Å²) >= 11 is 0. The van der Waals surface area contributed by atoms with Gasteiger partial charge in [0, 0.05) is 6.04 Å². The molecule has 1 aliphatic rings. The predicted molar refractivity (Wildman–Crippen MR) is 74.3 cm³/mol. The molecule has 1 aromatic carbocycles. The van der Waals surface area contributed by atoms with Crippen molar-refractivity contribution in [3.05, 3.63) is 29.8 Å². The first-order valence-electron chi connectivity index (χ1n) is 7.11. The summed E-state index contributed by atoms with van der Waals surface area (Å²) in [5.74, 6) is 7.08. The van der Waals surface area contributed by atoms with Crippen LogP contribution in [0.2, 0.25) is 0 Å². The molecule has 1 aliphatic carbocycles. The highest BCUT2D eigenvalue weighted by atomic mass is 19.3. The first kappa shape index (κ1) is 15.2. The Labute approximate surface area is 118 Å². The molecule has 0 aliphatic heterocycles. The van der Waals surface area contributed by atoms with Crippen LogP contribution in [0.1, 0.15) is 44.2 Å². The van der Waals surface area contributed by atoms with Gasteiger partial charge >= 0.3 is 6.61 Å². The Morgan fingerprint density at radius 3 is 2.50 bits per heavy atom. The summed E-state index contributed by atoms with van der Waals surface area (Å²) in [5.41, 5.74) is 3.90. The highest BCUT2D eigenvalue weighted by molar-refractivity contribution is 5.29. The third-order valence-corrected chi connectivity index (χ3v) is 4.09. The van der Waals surface area contributed by atoms with E-state index >= 15 is 0 Å². The summed E-state index contributed by atoms with van der Waals surface area (Å²) < 4.78 is 28.6. The van der Waals surface area contributed by atoms with Gasteiger partial charge in [-0.05, 0) is 42.4 Å². The molecule has 3 N–H and O–H groups in total. The maximum atomic E-state index is 12.1. The number of nitrogens with one attached hydrogen (secondary N) is 1. The molecular formula is C15H22F2N2O. The van der Waals surface area contributed by atoms with Crippen LogP contribution in [0.3, 0.4) is 0 Å². The minimum Gasteiger partial charge on any atom is -0.435 e. The maximum Gasteiger partial charge on any atom is 0.387 e. The van der Waals surface area contributed by atoms with Gasteiger partial charge in [-0.25, -0.2) is 0 Å². The second-order valence-corrected chi connectivity index (χ2v) is 5.62. The van der Waals surface area contributed by atoms with Gasteiger partial charge in [0.1, 0.15) is 5.75 Å². The van der Waals surface area contributed by atoms with Crippen LogP contribution in [0.15, 0.2) is 24.3 Å². The van der Waals surface area contributed by atoms with Gasteiger partial charge in [-0.15, -0.1) is 0 Å². The average molecular weight is 284 g/mol. The van der Waals surface area contributed by atoms with Crippen molar-refractivity contribution in [3.8, 4) is 5.75 Å². The second-order valence-electron chi connectivity index (χ2n) is 5.62. The highest BCUT2D eigenvalue weighted by Gasteiger charge is 2.27. The summed E-state index contributed by atoms with van der Waals surface area (Å²) in [7, 11) is 0. The van der Waals surface area contributed by atoms with E-state index in [2.05, 4.69) is 17.1 Å². The van der Waals surface area contributed by atoms with Gasteiger partial charge in [0.2, 0.25) is 0 Å². The molecule has 2 rings (SSSR count). The largest absolute Gasteiger partial charge is 0.435 e. The Balaban J connectivity index is 2.07. The fourth-order valence-corrected chi connectivity index (χ4v) is 3.14. The Morgan fingerprint density at radius 1 is 1.25 bits per heavy atom. The van der Waals surface area contributed by atoms with E-state index < -0.39 is 6.61 Å². The number of nitrogens with two attached hydrogens (primary N) is 1. The standard InChI is InChI=1S/C15H22F2N2O/c1-10-3-2-4-12(9-10)14(19-18)11-5-7-13(8-6-11)20-15(16)17/h5-8,10,12,14-15,19H,2-4,9,18H2,1H3. The number of hydrazine groups is 1. The van der Waals surface area contributed by atoms with Crippen LogP contribution in [-0.4, -0.2) is 6.61 Å². The molecule has 0 saturated heterocycles. The van der Waals surface area contributed by atoms with Crippen molar-refractivity contribution in [2.24, 2.45) is 17.7 Å². The molecule has 3 atom stereocenters. The molecule has 5 heteroatoms. The van der Waals surface area contributed by atoms with Crippen LogP contribution < -0.4 is 16.0 Å². The molecule has 1 saturated carbocycles. The lowest BCUT2D eigenvalue weighted by molar-refractivity contribution is -0.0498. The van der Waals surface area contributed by atoms with Gasteiger partial charge in [0.05, 0.1) is 0 Å². The third kappa shape index (κ3) is 3.90. The molecule has 0 bridgehead atoms. The molecule has 0 spiro atoms. The van der Waals surface area contributed by atoms with E-state index in [1.807, 2.05) is 12.1 Å². The minimum absolute atomic E-state index is 0.0679. The van der Waals surface area contributed by atoms with Gasteiger partial charge in [-0.3, -0.25) is 11.3 Å². The molecule has 3 nitrogen and oxygen atoms in total. The van der Waals surface area contributed by atoms with E-state index in [0.717, 1.165) is 18.4 Å². The van der Waals surface area contributed by atoms with Crippen LogP contribution >= 0.6 is 0 Å². The lowest BCUT2D eigenvalue weighted by Crippen LogP contribution is -2.35. The second kappa shape index (κ2) is 6.99. The Bertz CT molecular complexity index is 411. The quantitative estimate of drug-likeness (QED) is 0.641. The van der Waals surface area contributed by atoms with Crippen molar-refractivity contribution in [1.29, 1.82) is 0 Å². The van der Waals surface area contributed by atoms with Crippen molar-refractivity contribution in [1.82, 2.24) is 5.43 Å². The van der Waals surface area contributed by atoms with E-state index in [9.17, 15) is 8.78 Å². The molecule has 3 unspecified atom stereocenters. The third-order valence-electron chi connectivity index (χ3n) is 4.09. The number of halogens is 2. The van der Waals surface area contributed by atoms with Crippen LogP contribution in [0.4, 0.5) is 8.78 Å². The average Bonchev–Trinajstić information content (AvgIpc) is 2.41. The first-order chi connectivity index (χ1) is 9.60. The number of hydrogen-bond acceptors (Lipinski definition) is 3. The van der Waals surface area contributed by atoms with Crippen molar-refractivity contribution >= 4 is 0 Å². The minimum atomic E-state index is -2.79. The molecule has 0 amide bonds. The SMILES string of the molecule is CC1CCCC(C(NN)c2ccc(OC(F)F)cc2)C1. The molecule has 20 heavy (non-hydrogen) atoms. The molecule has 0 radical (unpaired) electrons. The molecule has 1 fully saturated rings. The van der Waals surface area contributed by atoms with Crippen molar-refractivity contribution in [3.63, 3.8) is 0 Å². The Hall–Kier alpha value is -1.20. The smallest absolute Gasteiger partial charge is 0.387 e. The van der Waals surface area contributed by atoms with E-state index in [0.29, 0.717) is 11.8 Å². The van der Waals surface area contributed by atoms with E-state index in [4.69, 9.17) is 5.84 Å². The number of ether oxygens (including phenoxy) is 1. The number of alkyl halides is 2. The Morgan fingerprint density at radius 2 is 1.95 bits per heavy atom. The highest BCUT2D eigenvalue weighted by Crippen LogP contribution is 2.37. The van der Waals surface area contributed by atoms with Crippen molar-refractivity contribution < 1.29 is 13.5 Å². The van der Waals surface area contributed by atoms with E-state index in [-0.39, 0.29) is 11.8 Å². The number of benzene rings is 1. The molecule has 0 aromatic heterocycles. The van der Waals surface area contributed by atoms with Gasteiger partial charge in [0.15, 0.2) is 0 Å². The molecule has 0 heterocycles. The molecule has 1 aromatic rings. The fraction of sp³-hybridized carbons (Fsp3) is 0.600. The maximum absolute atomic E-state index is 12.1. The number of rotatable bonds is 5. The topological polar surface area (TPSA) is 47.3 Å². The predicted octanol–water partition coefficient (Wildman–Crippen LogP) is 3.62. The van der Waals surface area contributed by atoms with Crippen LogP contribution in [0.25, 0.3) is 0 Å². The molecule has 112 valence electrons. The van der Waals surface area contributed by atoms with Crippen LogP contribution in [0.5, 0.6) is 5.75 Å². The zero-order valence-electron chi connectivity index (χ0n) is 11.7. The van der Waals surface area contributed by atoms with Crippen molar-refractivity contribution in [2.75, 3.05) is 0 Å². The molecular weight excluding hydrogens is 262 g/mol. The zero-order chi connectivity index (χ0) is 14.5. The normalized spacial score (nSPS) is 24.6. The van der Waals surface area contributed by atoms with Crippen LogP contribution in [0, 0.1) is 11.8 Å². The summed E-state index contributed by atoms with van der Waals surface area (Å²) in [6.45, 7) is -0.525. The number of hydrogen-bond donors (Lipinski definition) is 2. The van der Waals surface area contributed by atoms with Gasteiger partial charge in [-0.1, -0.05) is 31.9 Å². The van der Waals surface area contributed by atoms with Gasteiger partial charge in [0.25, 0.3) is 0 Å². The van der Waals surface area contributed by atoms with Crippen LogP contribution in [-0.2, 0) is 0 Å². The van der Waals surface area contributed by atoms with E-state index in [1.54, 1.807) is 12.1 Å². The lowest BCUT2D eigenvalue weighted by atomic mass is 9.77. The summed E-state index contributed by atoms with van der Waals surface area (Å²) in [4.78, 5) is 0. The van der Waals surface area contributed by atoms with Crippen molar-refractivity contribution in [2.45, 2.75) is 45.3 Å².